The highest BCUT2D eigenvalue weighted by Gasteiger charge is 2.10. The van der Waals surface area contributed by atoms with E-state index in [0.717, 1.165) is 11.8 Å². The second kappa shape index (κ2) is 6.74. The van der Waals surface area contributed by atoms with Gasteiger partial charge in [0.05, 0.1) is 11.4 Å². The Morgan fingerprint density at radius 3 is 2.42 bits per heavy atom. The maximum absolute atomic E-state index is 12.7. The molecule has 0 fully saturated rings. The van der Waals surface area contributed by atoms with Crippen LogP contribution in [-0.4, -0.2) is 30.4 Å². The van der Waals surface area contributed by atoms with E-state index in [1.54, 1.807) is 35.9 Å². The number of pyridine rings is 1. The van der Waals surface area contributed by atoms with Gasteiger partial charge in [-0.1, -0.05) is 18.2 Å². The quantitative estimate of drug-likeness (QED) is 0.534. The largest absolute Gasteiger partial charge is 0.311 e. The third-order valence-corrected chi connectivity index (χ3v) is 5.18. The Hall–Kier alpha value is -2.97. The topological polar surface area (TPSA) is 105 Å². The van der Waals surface area contributed by atoms with Crippen molar-refractivity contribution < 1.29 is 18.4 Å². The third-order valence-electron chi connectivity index (χ3n) is 4.05. The first-order valence-electron chi connectivity index (χ1n) is 7.66. The first-order valence-corrected chi connectivity index (χ1v) is 9.55. The Labute approximate surface area is 149 Å². The molecule has 0 bridgehead atoms. The summed E-state index contributed by atoms with van der Waals surface area (Å²) >= 11 is 0. The average Bonchev–Trinajstić information content (AvgIpc) is 2.63. The number of benzene rings is 2. The van der Waals surface area contributed by atoms with Crippen molar-refractivity contribution >= 4 is 26.5 Å². The van der Waals surface area contributed by atoms with Gasteiger partial charge in [-0.05, 0) is 41.3 Å². The Bertz CT molecular complexity index is 1150. The number of hydrogen-bond acceptors (Lipinski definition) is 5. The van der Waals surface area contributed by atoms with Gasteiger partial charge in [-0.2, -0.15) is 0 Å². The zero-order valence-corrected chi connectivity index (χ0v) is 14.7. The number of hydroxylamine groups is 1. The van der Waals surface area contributed by atoms with Crippen LogP contribution in [0.25, 0.3) is 10.8 Å². The van der Waals surface area contributed by atoms with Crippen LogP contribution in [0.15, 0.2) is 64.4 Å². The van der Waals surface area contributed by atoms with Gasteiger partial charge in [0.15, 0.2) is 9.84 Å². The molecule has 0 aliphatic carbocycles. The van der Waals surface area contributed by atoms with E-state index in [2.05, 4.69) is 0 Å². The Balaban J connectivity index is 1.99. The van der Waals surface area contributed by atoms with Crippen LogP contribution >= 0.6 is 0 Å². The van der Waals surface area contributed by atoms with E-state index < -0.39 is 15.7 Å². The van der Waals surface area contributed by atoms with Crippen molar-refractivity contribution in [1.82, 2.24) is 10.0 Å². The molecule has 2 N–H and O–H groups in total. The van der Waals surface area contributed by atoms with Gasteiger partial charge in [0.2, 0.25) is 0 Å². The average molecular weight is 372 g/mol. The molecule has 0 saturated carbocycles. The summed E-state index contributed by atoms with van der Waals surface area (Å²) in [6.45, 7) is 0.259. The molecule has 0 saturated heterocycles. The van der Waals surface area contributed by atoms with Crippen molar-refractivity contribution in [3.05, 3.63) is 76.2 Å². The lowest BCUT2D eigenvalue weighted by atomic mass is 10.1. The monoisotopic (exact) mass is 372 g/mol. The number of hydrogen-bond donors (Lipinski definition) is 2. The number of amides is 1. The molecule has 0 radical (unpaired) electrons. The van der Waals surface area contributed by atoms with Crippen LogP contribution in [0.4, 0.5) is 0 Å². The molecular weight excluding hydrogens is 356 g/mol. The molecule has 7 nitrogen and oxygen atoms in total. The molecule has 1 heterocycles. The minimum absolute atomic E-state index is 0.173. The summed E-state index contributed by atoms with van der Waals surface area (Å²) in [5.41, 5.74) is 2.19. The molecule has 3 aromatic rings. The number of nitrogens with one attached hydrogen (secondary N) is 1. The minimum atomic E-state index is -3.27. The first-order chi connectivity index (χ1) is 12.3. The normalized spacial score (nSPS) is 11.5. The lowest BCUT2D eigenvalue weighted by Gasteiger charge is -2.09. The number of rotatable bonds is 4. The first kappa shape index (κ1) is 17.8. The molecule has 1 amide bonds. The van der Waals surface area contributed by atoms with E-state index in [1.165, 1.54) is 28.8 Å². The molecule has 8 heteroatoms. The lowest BCUT2D eigenvalue weighted by Crippen LogP contribution is -2.22. The van der Waals surface area contributed by atoms with Gasteiger partial charge in [-0.15, -0.1) is 0 Å². The van der Waals surface area contributed by atoms with E-state index in [1.807, 2.05) is 0 Å². The van der Waals surface area contributed by atoms with Gasteiger partial charge >= 0.3 is 0 Å². The molecule has 0 atom stereocenters. The summed E-state index contributed by atoms with van der Waals surface area (Å²) in [7, 11) is -3.27. The number of fused-ring (bicyclic) bond motifs is 1. The standard InChI is InChI=1S/C18H16N2O5S/c1-26(24,25)15-6-2-12(3-7-15)11-20-9-8-13-4-5-14(17(21)19-23)10-16(13)18(20)22/h2-10,23H,11H2,1H3,(H,19,21). The van der Waals surface area contributed by atoms with Crippen molar-refractivity contribution in [2.45, 2.75) is 11.4 Å². The van der Waals surface area contributed by atoms with Crippen molar-refractivity contribution in [3.8, 4) is 0 Å². The highest BCUT2D eigenvalue weighted by atomic mass is 32.2. The van der Waals surface area contributed by atoms with Gasteiger partial charge in [0.1, 0.15) is 0 Å². The van der Waals surface area contributed by atoms with Crippen molar-refractivity contribution in [2.75, 3.05) is 6.26 Å². The van der Waals surface area contributed by atoms with E-state index in [0.29, 0.717) is 10.8 Å². The molecule has 0 aliphatic heterocycles. The van der Waals surface area contributed by atoms with Crippen LogP contribution in [0.5, 0.6) is 0 Å². The number of carbonyl (C=O) groups is 1. The Kier molecular flexibility index (Phi) is 4.62. The van der Waals surface area contributed by atoms with E-state index in [-0.39, 0.29) is 22.6 Å². The van der Waals surface area contributed by atoms with Gasteiger partial charge in [-0.25, -0.2) is 13.9 Å². The van der Waals surface area contributed by atoms with E-state index in [9.17, 15) is 18.0 Å². The molecule has 0 unspecified atom stereocenters. The predicted octanol–water partition coefficient (Wildman–Crippen LogP) is 1.57. The number of sulfone groups is 1. The molecule has 0 aliphatic rings. The smallest absolute Gasteiger partial charge is 0.274 e. The molecule has 26 heavy (non-hydrogen) atoms. The van der Waals surface area contributed by atoms with Gasteiger partial charge in [0.25, 0.3) is 11.5 Å². The van der Waals surface area contributed by atoms with E-state index in [4.69, 9.17) is 5.21 Å². The van der Waals surface area contributed by atoms with Gasteiger partial charge in [-0.3, -0.25) is 14.8 Å². The van der Waals surface area contributed by atoms with Crippen LogP contribution in [0.1, 0.15) is 15.9 Å². The fraction of sp³-hybridized carbons (Fsp3) is 0.111. The minimum Gasteiger partial charge on any atom is -0.311 e. The second-order valence-corrected chi connectivity index (χ2v) is 7.92. The molecule has 1 aromatic heterocycles. The zero-order chi connectivity index (χ0) is 18.9. The highest BCUT2D eigenvalue weighted by molar-refractivity contribution is 7.90. The Morgan fingerprint density at radius 1 is 1.12 bits per heavy atom. The molecule has 134 valence electrons. The fourth-order valence-corrected chi connectivity index (χ4v) is 3.28. The van der Waals surface area contributed by atoms with Crippen LogP contribution in [-0.2, 0) is 16.4 Å². The van der Waals surface area contributed by atoms with Crippen LogP contribution < -0.4 is 11.0 Å². The second-order valence-electron chi connectivity index (χ2n) is 5.91. The molecular formula is C18H16N2O5S. The maximum Gasteiger partial charge on any atom is 0.274 e. The van der Waals surface area contributed by atoms with Crippen LogP contribution in [0.3, 0.4) is 0 Å². The molecule has 3 rings (SSSR count). The molecule has 0 spiro atoms. The maximum atomic E-state index is 12.7. The summed E-state index contributed by atoms with van der Waals surface area (Å²) in [6, 6.07) is 12.6. The van der Waals surface area contributed by atoms with Crippen molar-refractivity contribution in [2.24, 2.45) is 0 Å². The third kappa shape index (κ3) is 3.51. The van der Waals surface area contributed by atoms with Gasteiger partial charge in [0, 0.05) is 23.4 Å². The number of aromatic nitrogens is 1. The summed E-state index contributed by atoms with van der Waals surface area (Å²) in [6.07, 6.45) is 2.77. The Morgan fingerprint density at radius 2 is 1.81 bits per heavy atom. The SMILES string of the molecule is CS(=O)(=O)c1ccc(Cn2ccc3ccc(C(=O)NO)cc3c2=O)cc1. The van der Waals surface area contributed by atoms with Crippen LogP contribution in [0, 0.1) is 0 Å². The lowest BCUT2D eigenvalue weighted by molar-refractivity contribution is 0.0706. The summed E-state index contributed by atoms with van der Waals surface area (Å²) < 4.78 is 24.5. The number of nitrogens with zero attached hydrogens (tertiary/aromatic N) is 1. The van der Waals surface area contributed by atoms with Crippen molar-refractivity contribution in [3.63, 3.8) is 0 Å². The predicted molar refractivity (Wildman–Crippen MR) is 96.1 cm³/mol. The number of carbonyl (C=O) groups excluding carboxylic acids is 1. The van der Waals surface area contributed by atoms with Crippen LogP contribution in [0.2, 0.25) is 0 Å². The zero-order valence-electron chi connectivity index (χ0n) is 13.8. The van der Waals surface area contributed by atoms with Gasteiger partial charge < -0.3 is 4.57 Å². The van der Waals surface area contributed by atoms with E-state index >= 15 is 0 Å². The van der Waals surface area contributed by atoms with Crippen molar-refractivity contribution in [1.29, 1.82) is 0 Å². The molecule has 2 aromatic carbocycles. The summed E-state index contributed by atoms with van der Waals surface area (Å²) in [4.78, 5) is 24.4. The highest BCUT2D eigenvalue weighted by Crippen LogP contribution is 2.14. The summed E-state index contributed by atoms with van der Waals surface area (Å²) in [5, 5.41) is 9.76. The summed E-state index contributed by atoms with van der Waals surface area (Å²) in [5.74, 6) is -0.696. The fourth-order valence-electron chi connectivity index (χ4n) is 2.65.